The van der Waals surface area contributed by atoms with Crippen LogP contribution in [0.4, 0.5) is 0 Å². The van der Waals surface area contributed by atoms with Gasteiger partial charge in [0.1, 0.15) is 0 Å². The van der Waals surface area contributed by atoms with Crippen LogP contribution < -0.4 is 19.5 Å². The fraction of sp³-hybridized carbons (Fsp3) is 0.682. The lowest BCUT2D eigenvalue weighted by Crippen LogP contribution is -2.52. The Hall–Kier alpha value is -2.15. The minimum Gasteiger partial charge on any atom is -0.493 e. The van der Waals surface area contributed by atoms with Gasteiger partial charge in [0.25, 0.3) is 0 Å². The summed E-state index contributed by atoms with van der Waals surface area (Å²) < 4.78 is 16.4. The van der Waals surface area contributed by atoms with Crippen LogP contribution in [0.25, 0.3) is 0 Å². The zero-order valence-electron chi connectivity index (χ0n) is 19.0. The summed E-state index contributed by atoms with van der Waals surface area (Å²) in [7, 11) is 6.81. The highest BCUT2D eigenvalue weighted by Gasteiger charge is 2.21. The van der Waals surface area contributed by atoms with Gasteiger partial charge in [-0.2, -0.15) is 0 Å². The number of guanidine groups is 1. The van der Waals surface area contributed by atoms with Gasteiger partial charge in [0.15, 0.2) is 17.5 Å². The minimum absolute atomic E-state index is 0.635. The van der Waals surface area contributed by atoms with Gasteiger partial charge in [-0.15, -0.1) is 0 Å². The van der Waals surface area contributed by atoms with Gasteiger partial charge < -0.3 is 24.4 Å². The van der Waals surface area contributed by atoms with Gasteiger partial charge in [0.05, 0.1) is 21.3 Å². The molecule has 0 bridgehead atoms. The molecular formula is C22H38N4O3. The molecule has 0 amide bonds. The molecule has 0 aliphatic carbocycles. The molecule has 1 fully saturated rings. The van der Waals surface area contributed by atoms with Crippen molar-refractivity contribution < 1.29 is 14.2 Å². The summed E-state index contributed by atoms with van der Waals surface area (Å²) in [5.74, 6) is 3.76. The maximum absolute atomic E-state index is 5.48. The van der Waals surface area contributed by atoms with Crippen LogP contribution in [-0.4, -0.2) is 76.9 Å². The summed E-state index contributed by atoms with van der Waals surface area (Å²) in [6.07, 6.45) is 2.39. The Labute approximate surface area is 176 Å². The fourth-order valence-electron chi connectivity index (χ4n) is 3.75. The molecule has 0 spiro atoms. The summed E-state index contributed by atoms with van der Waals surface area (Å²) in [4.78, 5) is 9.30. The van der Waals surface area contributed by atoms with Crippen molar-refractivity contribution in [2.45, 2.75) is 33.2 Å². The predicted octanol–water partition coefficient (Wildman–Crippen LogP) is 2.84. The average molecular weight is 407 g/mol. The van der Waals surface area contributed by atoms with Crippen molar-refractivity contribution in [1.29, 1.82) is 0 Å². The number of aliphatic imine (C=N–C) groups is 1. The Morgan fingerprint density at radius 2 is 1.59 bits per heavy atom. The van der Waals surface area contributed by atoms with Crippen LogP contribution in [0.3, 0.4) is 0 Å². The molecule has 1 aromatic rings. The first-order chi connectivity index (χ1) is 14.1. The molecule has 164 valence electrons. The molecule has 1 N–H and O–H groups in total. The molecule has 0 atom stereocenters. The van der Waals surface area contributed by atoms with E-state index in [-0.39, 0.29) is 0 Å². The molecule has 1 saturated heterocycles. The quantitative estimate of drug-likeness (QED) is 0.503. The zero-order chi connectivity index (χ0) is 21.2. The van der Waals surface area contributed by atoms with Gasteiger partial charge in [-0.25, -0.2) is 0 Å². The highest BCUT2D eigenvalue weighted by Crippen LogP contribution is 2.38. The molecule has 7 nitrogen and oxygen atoms in total. The minimum atomic E-state index is 0.635. The third-order valence-corrected chi connectivity index (χ3v) is 5.72. The Balaban J connectivity index is 1.94. The number of benzene rings is 1. The SMILES string of the molecule is CCC(CC)CNC(=NC)N1CCN(Cc2cc(OC)c(OC)c(OC)c2)CC1. The lowest BCUT2D eigenvalue weighted by atomic mass is 10.0. The van der Waals surface area contributed by atoms with Crippen LogP contribution in [0.15, 0.2) is 17.1 Å². The summed E-state index contributed by atoms with van der Waals surface area (Å²) in [6, 6.07) is 4.06. The van der Waals surface area contributed by atoms with Gasteiger partial charge in [0.2, 0.25) is 5.75 Å². The normalized spacial score (nSPS) is 15.6. The monoisotopic (exact) mass is 406 g/mol. The molecule has 2 rings (SSSR count). The standard InChI is InChI=1S/C22H38N4O3/c1-7-17(8-2)15-24-22(23-3)26-11-9-25(10-12-26)16-18-13-19(27-4)21(29-6)20(14-18)28-5/h13-14,17H,7-12,15-16H2,1-6H3,(H,23,24). The average Bonchev–Trinajstić information content (AvgIpc) is 2.77. The van der Waals surface area contributed by atoms with E-state index in [0.717, 1.165) is 50.8 Å². The van der Waals surface area contributed by atoms with E-state index < -0.39 is 0 Å². The predicted molar refractivity (Wildman–Crippen MR) is 118 cm³/mol. The number of nitrogens with one attached hydrogen (secondary N) is 1. The van der Waals surface area contributed by atoms with Crippen molar-refractivity contribution in [3.8, 4) is 17.2 Å². The van der Waals surface area contributed by atoms with Gasteiger partial charge >= 0.3 is 0 Å². The molecule has 0 aromatic heterocycles. The third-order valence-electron chi connectivity index (χ3n) is 5.72. The van der Waals surface area contributed by atoms with Crippen molar-refractivity contribution in [1.82, 2.24) is 15.1 Å². The van der Waals surface area contributed by atoms with E-state index >= 15 is 0 Å². The zero-order valence-corrected chi connectivity index (χ0v) is 19.0. The van der Waals surface area contributed by atoms with Crippen LogP contribution in [0.5, 0.6) is 17.2 Å². The number of ether oxygens (including phenoxy) is 3. The molecule has 1 aromatic carbocycles. The van der Waals surface area contributed by atoms with Crippen molar-refractivity contribution in [2.24, 2.45) is 10.9 Å². The van der Waals surface area contributed by atoms with E-state index in [9.17, 15) is 0 Å². The lowest BCUT2D eigenvalue weighted by molar-refractivity contribution is 0.172. The highest BCUT2D eigenvalue weighted by atomic mass is 16.5. The first-order valence-electron chi connectivity index (χ1n) is 10.6. The second kappa shape index (κ2) is 11.8. The van der Waals surface area contributed by atoms with E-state index in [4.69, 9.17) is 14.2 Å². The summed E-state index contributed by atoms with van der Waals surface area (Å²) in [6.45, 7) is 10.3. The van der Waals surface area contributed by atoms with E-state index in [1.165, 1.54) is 12.8 Å². The number of methoxy groups -OCH3 is 3. The van der Waals surface area contributed by atoms with Crippen LogP contribution >= 0.6 is 0 Å². The number of hydrogen-bond donors (Lipinski definition) is 1. The van der Waals surface area contributed by atoms with Crippen LogP contribution in [-0.2, 0) is 6.54 Å². The Kier molecular flexibility index (Phi) is 9.38. The van der Waals surface area contributed by atoms with Crippen LogP contribution in [0.1, 0.15) is 32.3 Å². The second-order valence-corrected chi connectivity index (χ2v) is 7.41. The third kappa shape index (κ3) is 6.16. The number of nitrogens with zero attached hydrogens (tertiary/aromatic N) is 3. The Morgan fingerprint density at radius 1 is 1.00 bits per heavy atom. The van der Waals surface area contributed by atoms with E-state index in [0.29, 0.717) is 23.2 Å². The first kappa shape index (κ1) is 23.1. The number of piperazine rings is 1. The Bertz CT molecular complexity index is 628. The van der Waals surface area contributed by atoms with Crippen LogP contribution in [0.2, 0.25) is 0 Å². The maximum Gasteiger partial charge on any atom is 0.203 e. The second-order valence-electron chi connectivity index (χ2n) is 7.41. The van der Waals surface area contributed by atoms with E-state index in [1.807, 2.05) is 19.2 Å². The molecular weight excluding hydrogens is 368 g/mol. The van der Waals surface area contributed by atoms with Crippen molar-refractivity contribution >= 4 is 5.96 Å². The van der Waals surface area contributed by atoms with Crippen molar-refractivity contribution in [3.63, 3.8) is 0 Å². The van der Waals surface area contributed by atoms with Crippen molar-refractivity contribution in [2.75, 3.05) is 61.1 Å². The number of rotatable bonds is 9. The van der Waals surface area contributed by atoms with E-state index in [1.54, 1.807) is 21.3 Å². The lowest BCUT2D eigenvalue weighted by Gasteiger charge is -2.37. The Morgan fingerprint density at radius 3 is 2.03 bits per heavy atom. The summed E-state index contributed by atoms with van der Waals surface area (Å²) in [5.41, 5.74) is 1.16. The topological polar surface area (TPSA) is 58.6 Å². The first-order valence-corrected chi connectivity index (χ1v) is 10.6. The highest BCUT2D eigenvalue weighted by molar-refractivity contribution is 5.80. The molecule has 1 aliphatic rings. The molecule has 0 unspecified atom stereocenters. The number of hydrogen-bond acceptors (Lipinski definition) is 5. The molecule has 29 heavy (non-hydrogen) atoms. The molecule has 1 aliphatic heterocycles. The smallest absolute Gasteiger partial charge is 0.203 e. The summed E-state index contributed by atoms with van der Waals surface area (Å²) in [5, 5.41) is 3.56. The molecule has 0 saturated carbocycles. The largest absolute Gasteiger partial charge is 0.493 e. The van der Waals surface area contributed by atoms with Crippen molar-refractivity contribution in [3.05, 3.63) is 17.7 Å². The van der Waals surface area contributed by atoms with Gasteiger partial charge in [-0.05, 0) is 23.6 Å². The fourth-order valence-corrected chi connectivity index (χ4v) is 3.75. The van der Waals surface area contributed by atoms with Gasteiger partial charge in [-0.3, -0.25) is 9.89 Å². The van der Waals surface area contributed by atoms with E-state index in [2.05, 4.69) is 34.0 Å². The summed E-state index contributed by atoms with van der Waals surface area (Å²) >= 11 is 0. The van der Waals surface area contributed by atoms with Gasteiger partial charge in [-0.1, -0.05) is 26.7 Å². The van der Waals surface area contributed by atoms with Crippen LogP contribution in [0, 0.1) is 5.92 Å². The van der Waals surface area contributed by atoms with Gasteiger partial charge in [0, 0.05) is 46.3 Å². The molecule has 0 radical (unpaired) electrons. The molecule has 7 heteroatoms. The molecule has 1 heterocycles. The maximum atomic E-state index is 5.48.